The fourth-order valence-corrected chi connectivity index (χ4v) is 3.43. The first-order valence-electron chi connectivity index (χ1n) is 7.29. The van der Waals surface area contributed by atoms with E-state index in [1.165, 1.54) is 0 Å². The molecule has 0 amide bonds. The lowest BCUT2D eigenvalue weighted by Crippen LogP contribution is -2.33. The van der Waals surface area contributed by atoms with Crippen LogP contribution in [0.1, 0.15) is 35.3 Å². The van der Waals surface area contributed by atoms with Crippen LogP contribution in [0, 0.1) is 0 Å². The summed E-state index contributed by atoms with van der Waals surface area (Å²) < 4.78 is 0. The molecule has 2 aromatic rings. The molecule has 0 aliphatic carbocycles. The lowest BCUT2D eigenvalue weighted by molar-refractivity contribution is 0.0697. The van der Waals surface area contributed by atoms with E-state index in [0.717, 1.165) is 11.1 Å². The molecule has 0 spiro atoms. The van der Waals surface area contributed by atoms with Crippen LogP contribution in [0.25, 0.3) is 0 Å². The minimum absolute atomic E-state index is 0.226. The summed E-state index contributed by atoms with van der Waals surface area (Å²) in [4.78, 5) is 10.8. The van der Waals surface area contributed by atoms with Gasteiger partial charge in [0.1, 0.15) is 0 Å². The van der Waals surface area contributed by atoms with Crippen molar-refractivity contribution in [2.24, 2.45) is 0 Å². The third-order valence-electron chi connectivity index (χ3n) is 3.74. The van der Waals surface area contributed by atoms with Gasteiger partial charge >= 0.3 is 5.97 Å². The number of hydrogen-bond donors (Lipinski definition) is 2. The minimum atomic E-state index is -0.918. The Morgan fingerprint density at radius 3 is 2.17 bits per heavy atom. The van der Waals surface area contributed by atoms with Crippen LogP contribution in [-0.2, 0) is 12.0 Å². The summed E-state index contributed by atoms with van der Waals surface area (Å²) in [5, 5.41) is 13.6. The normalized spacial score (nSPS) is 11.5. The highest BCUT2D eigenvalue weighted by Gasteiger charge is 2.25. The molecule has 5 heteroatoms. The molecule has 0 radical (unpaired) electrons. The molecule has 2 N–H and O–H groups in total. The molecule has 0 unspecified atom stereocenters. The molecule has 0 aliphatic heterocycles. The molecule has 2 aromatic carbocycles. The summed E-state index contributed by atoms with van der Waals surface area (Å²) in [6, 6.07) is 12.4. The minimum Gasteiger partial charge on any atom is -0.478 e. The van der Waals surface area contributed by atoms with Crippen LogP contribution in [0.15, 0.2) is 42.5 Å². The predicted octanol–water partition coefficient (Wildman–Crippen LogP) is 4.76. The van der Waals surface area contributed by atoms with Gasteiger partial charge in [-0.15, -0.1) is 0 Å². The molecule has 0 aromatic heterocycles. The standard InChI is InChI=1S/C18H19Cl2NO2/c1-18(2,16-14(19)4-3-5-15(16)20)11-21-10-12-6-8-13(9-7-12)17(22)23/h3-9,21H,10-11H2,1-2H3,(H,22,23). The highest BCUT2D eigenvalue weighted by Crippen LogP contribution is 2.35. The fraction of sp³-hybridized carbons (Fsp3) is 0.278. The molecule has 23 heavy (non-hydrogen) atoms. The molecule has 0 aliphatic rings. The molecule has 0 atom stereocenters. The predicted molar refractivity (Wildman–Crippen MR) is 94.6 cm³/mol. The zero-order valence-electron chi connectivity index (χ0n) is 13.1. The van der Waals surface area contributed by atoms with Crippen LogP contribution >= 0.6 is 23.2 Å². The Morgan fingerprint density at radius 2 is 1.65 bits per heavy atom. The zero-order valence-corrected chi connectivity index (χ0v) is 14.6. The number of aromatic carboxylic acids is 1. The van der Waals surface area contributed by atoms with Gasteiger partial charge in [-0.2, -0.15) is 0 Å². The van der Waals surface area contributed by atoms with Gasteiger partial charge in [0.15, 0.2) is 0 Å². The fourth-order valence-electron chi connectivity index (χ4n) is 2.52. The molecule has 0 heterocycles. The average Bonchev–Trinajstić information content (AvgIpc) is 2.47. The zero-order chi connectivity index (χ0) is 17.0. The van der Waals surface area contributed by atoms with E-state index in [9.17, 15) is 4.79 Å². The van der Waals surface area contributed by atoms with Gasteiger partial charge in [0.25, 0.3) is 0 Å². The second kappa shape index (κ2) is 7.35. The molecule has 0 saturated carbocycles. The molecule has 0 fully saturated rings. The van der Waals surface area contributed by atoms with Gasteiger partial charge in [-0.3, -0.25) is 0 Å². The third kappa shape index (κ3) is 4.47. The van der Waals surface area contributed by atoms with E-state index in [4.69, 9.17) is 28.3 Å². The lowest BCUT2D eigenvalue weighted by atomic mass is 9.84. The van der Waals surface area contributed by atoms with Crippen molar-refractivity contribution >= 4 is 29.2 Å². The number of carboxylic acids is 1. The van der Waals surface area contributed by atoms with E-state index in [2.05, 4.69) is 19.2 Å². The number of rotatable bonds is 6. The lowest BCUT2D eigenvalue weighted by Gasteiger charge is -2.28. The van der Waals surface area contributed by atoms with Gasteiger partial charge in [0.2, 0.25) is 0 Å². The maximum absolute atomic E-state index is 10.8. The van der Waals surface area contributed by atoms with Gasteiger partial charge < -0.3 is 10.4 Å². The maximum atomic E-state index is 10.8. The second-order valence-electron chi connectivity index (χ2n) is 6.09. The van der Waals surface area contributed by atoms with Crippen molar-refractivity contribution in [1.29, 1.82) is 0 Å². The Morgan fingerprint density at radius 1 is 1.09 bits per heavy atom. The average molecular weight is 352 g/mol. The molecule has 2 rings (SSSR count). The first-order chi connectivity index (χ1) is 10.8. The number of hydrogen-bond acceptors (Lipinski definition) is 2. The van der Waals surface area contributed by atoms with E-state index in [0.29, 0.717) is 23.1 Å². The second-order valence-corrected chi connectivity index (χ2v) is 6.90. The van der Waals surface area contributed by atoms with Gasteiger partial charge in [-0.1, -0.05) is 55.2 Å². The summed E-state index contributed by atoms with van der Waals surface area (Å²) in [7, 11) is 0. The number of benzene rings is 2. The van der Waals surface area contributed by atoms with E-state index < -0.39 is 5.97 Å². The van der Waals surface area contributed by atoms with Crippen molar-refractivity contribution in [3.05, 3.63) is 69.2 Å². The Kier molecular flexibility index (Phi) is 5.69. The molecular formula is C18H19Cl2NO2. The van der Waals surface area contributed by atoms with Crippen LogP contribution in [0.4, 0.5) is 0 Å². The summed E-state index contributed by atoms with van der Waals surface area (Å²) in [6.45, 7) is 5.50. The Balaban J connectivity index is 2.01. The number of carbonyl (C=O) groups is 1. The summed E-state index contributed by atoms with van der Waals surface area (Å²) in [5.74, 6) is -0.918. The first-order valence-corrected chi connectivity index (χ1v) is 8.04. The van der Waals surface area contributed by atoms with E-state index in [1.807, 2.05) is 30.3 Å². The van der Waals surface area contributed by atoms with Crippen molar-refractivity contribution in [3.63, 3.8) is 0 Å². The van der Waals surface area contributed by atoms with Crippen LogP contribution in [0.5, 0.6) is 0 Å². The SMILES string of the molecule is CC(C)(CNCc1ccc(C(=O)O)cc1)c1c(Cl)cccc1Cl. The van der Waals surface area contributed by atoms with Crippen molar-refractivity contribution in [2.45, 2.75) is 25.8 Å². The largest absolute Gasteiger partial charge is 0.478 e. The molecule has 122 valence electrons. The molecule has 0 saturated heterocycles. The smallest absolute Gasteiger partial charge is 0.335 e. The summed E-state index contributed by atoms with van der Waals surface area (Å²) >= 11 is 12.6. The van der Waals surface area contributed by atoms with E-state index >= 15 is 0 Å². The highest BCUT2D eigenvalue weighted by atomic mass is 35.5. The first kappa shape index (κ1) is 17.8. The van der Waals surface area contributed by atoms with Crippen molar-refractivity contribution < 1.29 is 9.90 Å². The van der Waals surface area contributed by atoms with Gasteiger partial charge in [0.05, 0.1) is 5.56 Å². The van der Waals surface area contributed by atoms with Crippen LogP contribution < -0.4 is 5.32 Å². The number of carboxylic acid groups (broad SMARTS) is 1. The van der Waals surface area contributed by atoms with Crippen molar-refractivity contribution in [3.8, 4) is 0 Å². The summed E-state index contributed by atoms with van der Waals surface area (Å²) in [5.41, 5.74) is 2.02. The Hall–Kier alpha value is -1.55. The summed E-state index contributed by atoms with van der Waals surface area (Å²) in [6.07, 6.45) is 0. The third-order valence-corrected chi connectivity index (χ3v) is 4.37. The van der Waals surface area contributed by atoms with Gasteiger partial charge in [-0.05, 0) is 35.4 Å². The monoisotopic (exact) mass is 351 g/mol. The topological polar surface area (TPSA) is 49.3 Å². The quantitative estimate of drug-likeness (QED) is 0.788. The van der Waals surface area contributed by atoms with Crippen molar-refractivity contribution in [1.82, 2.24) is 5.32 Å². The number of halogens is 2. The van der Waals surface area contributed by atoms with E-state index in [-0.39, 0.29) is 11.0 Å². The van der Waals surface area contributed by atoms with Gasteiger partial charge in [-0.25, -0.2) is 4.79 Å². The van der Waals surface area contributed by atoms with Crippen LogP contribution in [0.3, 0.4) is 0 Å². The number of nitrogens with one attached hydrogen (secondary N) is 1. The van der Waals surface area contributed by atoms with Crippen LogP contribution in [-0.4, -0.2) is 17.6 Å². The molecular weight excluding hydrogens is 333 g/mol. The van der Waals surface area contributed by atoms with Crippen LogP contribution in [0.2, 0.25) is 10.0 Å². The van der Waals surface area contributed by atoms with Gasteiger partial charge in [0, 0.05) is 28.5 Å². The van der Waals surface area contributed by atoms with Crippen molar-refractivity contribution in [2.75, 3.05) is 6.54 Å². The molecule has 3 nitrogen and oxygen atoms in total. The Bertz CT molecular complexity index is 676. The highest BCUT2D eigenvalue weighted by molar-refractivity contribution is 6.36. The maximum Gasteiger partial charge on any atom is 0.335 e. The Labute approximate surface area is 146 Å². The molecule has 0 bridgehead atoms. The van der Waals surface area contributed by atoms with E-state index in [1.54, 1.807) is 12.1 Å².